The first-order valence-corrected chi connectivity index (χ1v) is 8.49. The molecule has 0 aromatic heterocycles. The zero-order chi connectivity index (χ0) is 13.9. The van der Waals surface area contributed by atoms with Gasteiger partial charge in [0.05, 0.1) is 0 Å². The average Bonchev–Trinajstić information content (AvgIpc) is 2.36. The Balaban J connectivity index is 1.84. The summed E-state index contributed by atoms with van der Waals surface area (Å²) in [5.74, 6) is 0.810. The van der Waals surface area contributed by atoms with Crippen LogP contribution in [0.5, 0.6) is 0 Å². The normalized spacial score (nSPS) is 36.3. The first-order chi connectivity index (χ1) is 9.02. The van der Waals surface area contributed by atoms with Gasteiger partial charge in [-0.1, -0.05) is 34.1 Å². The van der Waals surface area contributed by atoms with Gasteiger partial charge in [-0.3, -0.25) is 4.90 Å². The van der Waals surface area contributed by atoms with Crippen LogP contribution in [0.15, 0.2) is 0 Å². The summed E-state index contributed by atoms with van der Waals surface area (Å²) in [6.07, 6.45) is 8.30. The fourth-order valence-electron chi connectivity index (χ4n) is 4.11. The third-order valence-corrected chi connectivity index (χ3v) is 5.29. The summed E-state index contributed by atoms with van der Waals surface area (Å²) in [5.41, 5.74) is 0.573. The van der Waals surface area contributed by atoms with E-state index in [0.29, 0.717) is 5.41 Å². The first kappa shape index (κ1) is 15.3. The van der Waals surface area contributed by atoms with Crippen LogP contribution in [0, 0.1) is 11.3 Å². The molecule has 0 spiro atoms. The van der Waals surface area contributed by atoms with E-state index in [9.17, 15) is 0 Å². The maximum absolute atomic E-state index is 3.73. The number of likely N-dealkylation sites (tertiary alicyclic amines) is 1. The minimum atomic E-state index is 0.573. The lowest BCUT2D eigenvalue weighted by Gasteiger charge is -2.46. The molecule has 3 unspecified atom stereocenters. The Bertz CT molecular complexity index is 274. The predicted molar refractivity (Wildman–Crippen MR) is 83.5 cm³/mol. The fourth-order valence-corrected chi connectivity index (χ4v) is 4.11. The van der Waals surface area contributed by atoms with Crippen LogP contribution in [0.2, 0.25) is 0 Å². The van der Waals surface area contributed by atoms with Crippen LogP contribution in [0.25, 0.3) is 0 Å². The van der Waals surface area contributed by atoms with Crippen molar-refractivity contribution in [3.05, 3.63) is 0 Å². The van der Waals surface area contributed by atoms with E-state index in [0.717, 1.165) is 18.0 Å². The summed E-state index contributed by atoms with van der Waals surface area (Å²) in [5, 5.41) is 3.73. The molecule has 0 bridgehead atoms. The maximum atomic E-state index is 3.73. The molecule has 2 rings (SSSR count). The topological polar surface area (TPSA) is 15.3 Å². The van der Waals surface area contributed by atoms with Gasteiger partial charge in [-0.15, -0.1) is 0 Å². The predicted octanol–water partition coefficient (Wildman–Crippen LogP) is 3.67. The summed E-state index contributed by atoms with van der Waals surface area (Å²) in [7, 11) is 0. The van der Waals surface area contributed by atoms with E-state index < -0.39 is 0 Å². The lowest BCUT2D eigenvalue weighted by molar-refractivity contribution is 0.0504. The molecule has 0 aromatic carbocycles. The maximum Gasteiger partial charge on any atom is 0.0117 e. The molecule has 1 saturated carbocycles. The molecule has 0 radical (unpaired) electrons. The third kappa shape index (κ3) is 4.19. The van der Waals surface area contributed by atoms with E-state index in [1.165, 1.54) is 58.2 Å². The van der Waals surface area contributed by atoms with E-state index in [4.69, 9.17) is 0 Å². The van der Waals surface area contributed by atoms with Gasteiger partial charge in [-0.2, -0.15) is 0 Å². The van der Waals surface area contributed by atoms with Crippen LogP contribution in [0.1, 0.15) is 66.2 Å². The molecule has 1 aliphatic carbocycles. The highest BCUT2D eigenvalue weighted by molar-refractivity contribution is 4.90. The van der Waals surface area contributed by atoms with E-state index in [-0.39, 0.29) is 0 Å². The number of nitrogens with zero attached hydrogens (tertiary/aromatic N) is 1. The van der Waals surface area contributed by atoms with Crippen molar-refractivity contribution in [2.45, 2.75) is 78.3 Å². The molecule has 0 aromatic rings. The van der Waals surface area contributed by atoms with Crippen molar-refractivity contribution in [1.29, 1.82) is 0 Å². The van der Waals surface area contributed by atoms with E-state index >= 15 is 0 Å². The van der Waals surface area contributed by atoms with Crippen molar-refractivity contribution in [3.8, 4) is 0 Å². The molecule has 1 heterocycles. The molecule has 1 aliphatic heterocycles. The Kier molecular flexibility index (Phi) is 5.30. The van der Waals surface area contributed by atoms with E-state index in [2.05, 4.69) is 37.9 Å². The molecule has 1 saturated heterocycles. The molecule has 0 amide bonds. The Morgan fingerprint density at radius 3 is 2.68 bits per heavy atom. The molecule has 2 fully saturated rings. The Morgan fingerprint density at radius 2 is 2.05 bits per heavy atom. The number of piperidine rings is 1. The van der Waals surface area contributed by atoms with Crippen LogP contribution in [0.4, 0.5) is 0 Å². The number of rotatable bonds is 4. The highest BCUT2D eigenvalue weighted by atomic mass is 15.2. The Hall–Kier alpha value is -0.0800. The van der Waals surface area contributed by atoms with Crippen molar-refractivity contribution >= 4 is 0 Å². The minimum absolute atomic E-state index is 0.573. The minimum Gasteiger partial charge on any atom is -0.314 e. The third-order valence-electron chi connectivity index (χ3n) is 5.29. The van der Waals surface area contributed by atoms with E-state index in [1.807, 2.05) is 0 Å². The highest BCUT2D eigenvalue weighted by Crippen LogP contribution is 2.38. The van der Waals surface area contributed by atoms with Gasteiger partial charge >= 0.3 is 0 Å². The molecule has 3 atom stereocenters. The zero-order valence-electron chi connectivity index (χ0n) is 13.5. The molecular formula is C17H34N2. The zero-order valence-corrected chi connectivity index (χ0v) is 13.5. The molecule has 2 heteroatoms. The molecule has 1 N–H and O–H groups in total. The second kappa shape index (κ2) is 6.58. The largest absolute Gasteiger partial charge is 0.314 e. The second-order valence-corrected chi connectivity index (χ2v) is 7.74. The number of nitrogens with one attached hydrogen (secondary N) is 1. The monoisotopic (exact) mass is 266 g/mol. The quantitative estimate of drug-likeness (QED) is 0.835. The SMILES string of the molecule is CCCNC1CCN(C2CCCC(C)(C)C2)CC1C. The lowest BCUT2D eigenvalue weighted by atomic mass is 9.74. The van der Waals surface area contributed by atoms with Gasteiger partial charge in [0.15, 0.2) is 0 Å². The van der Waals surface area contributed by atoms with Crippen LogP contribution in [-0.4, -0.2) is 36.6 Å². The Morgan fingerprint density at radius 1 is 1.26 bits per heavy atom. The van der Waals surface area contributed by atoms with Gasteiger partial charge < -0.3 is 5.32 Å². The van der Waals surface area contributed by atoms with Crippen molar-refractivity contribution < 1.29 is 0 Å². The van der Waals surface area contributed by atoms with Crippen molar-refractivity contribution in [3.63, 3.8) is 0 Å². The summed E-state index contributed by atoms with van der Waals surface area (Å²) in [4.78, 5) is 2.80. The molecule has 2 nitrogen and oxygen atoms in total. The van der Waals surface area contributed by atoms with Crippen LogP contribution in [0.3, 0.4) is 0 Å². The summed E-state index contributed by atoms with van der Waals surface area (Å²) >= 11 is 0. The van der Waals surface area contributed by atoms with Crippen LogP contribution in [-0.2, 0) is 0 Å². The second-order valence-electron chi connectivity index (χ2n) is 7.74. The van der Waals surface area contributed by atoms with Crippen molar-refractivity contribution in [2.75, 3.05) is 19.6 Å². The van der Waals surface area contributed by atoms with Gasteiger partial charge in [0.2, 0.25) is 0 Å². The number of hydrogen-bond donors (Lipinski definition) is 1. The molecule has 19 heavy (non-hydrogen) atoms. The standard InChI is InChI=1S/C17H34N2/c1-5-10-18-16-8-11-19(13-14(16)2)15-7-6-9-17(3,4)12-15/h14-16,18H,5-13H2,1-4H3. The van der Waals surface area contributed by atoms with Crippen LogP contribution < -0.4 is 5.32 Å². The van der Waals surface area contributed by atoms with Crippen LogP contribution >= 0.6 is 0 Å². The first-order valence-electron chi connectivity index (χ1n) is 8.49. The lowest BCUT2D eigenvalue weighted by Crippen LogP contribution is -2.52. The van der Waals surface area contributed by atoms with Gasteiger partial charge in [0, 0.05) is 18.6 Å². The van der Waals surface area contributed by atoms with E-state index in [1.54, 1.807) is 0 Å². The summed E-state index contributed by atoms with van der Waals surface area (Å²) < 4.78 is 0. The summed E-state index contributed by atoms with van der Waals surface area (Å²) in [6, 6.07) is 1.62. The molecule has 2 aliphatic rings. The number of hydrogen-bond acceptors (Lipinski definition) is 2. The van der Waals surface area contributed by atoms with Gasteiger partial charge in [0.25, 0.3) is 0 Å². The Labute approximate surface area is 120 Å². The molecular weight excluding hydrogens is 232 g/mol. The summed E-state index contributed by atoms with van der Waals surface area (Å²) in [6.45, 7) is 13.4. The van der Waals surface area contributed by atoms with Gasteiger partial charge in [-0.05, 0) is 56.5 Å². The van der Waals surface area contributed by atoms with Crippen molar-refractivity contribution in [2.24, 2.45) is 11.3 Å². The van der Waals surface area contributed by atoms with Gasteiger partial charge in [-0.25, -0.2) is 0 Å². The smallest absolute Gasteiger partial charge is 0.0117 e. The fraction of sp³-hybridized carbons (Fsp3) is 1.00. The molecule has 112 valence electrons. The highest BCUT2D eigenvalue weighted by Gasteiger charge is 2.34. The average molecular weight is 266 g/mol. The van der Waals surface area contributed by atoms with Gasteiger partial charge in [0.1, 0.15) is 0 Å². The van der Waals surface area contributed by atoms with Crippen molar-refractivity contribution in [1.82, 2.24) is 10.2 Å².